The molecule has 1 rings (SSSR count). The summed E-state index contributed by atoms with van der Waals surface area (Å²) in [7, 11) is 1.63. The molecule has 0 atom stereocenters. The van der Waals surface area contributed by atoms with Gasteiger partial charge in [0.2, 0.25) is 0 Å². The van der Waals surface area contributed by atoms with Crippen LogP contribution in [0.5, 0.6) is 5.75 Å². The molecule has 0 fully saturated rings. The smallest absolute Gasteiger partial charge is 0.159 e. The highest BCUT2D eigenvalue weighted by Gasteiger charge is 1.96. The first kappa shape index (κ1) is 15.2. The van der Waals surface area contributed by atoms with Crippen molar-refractivity contribution >= 4 is 5.78 Å². The van der Waals surface area contributed by atoms with Crippen LogP contribution in [-0.2, 0) is 16.1 Å². The number of hydrogen-bond donors (Lipinski definition) is 1. The molecule has 0 aromatic heterocycles. The Morgan fingerprint density at radius 3 is 2.63 bits per heavy atom. The fraction of sp³-hybridized carbons (Fsp3) is 0.400. The van der Waals surface area contributed by atoms with E-state index < -0.39 is 6.61 Å². The lowest BCUT2D eigenvalue weighted by Crippen LogP contribution is -2.01. The lowest BCUT2D eigenvalue weighted by molar-refractivity contribution is -0.121. The number of benzene rings is 1. The van der Waals surface area contributed by atoms with Crippen molar-refractivity contribution in [2.75, 3.05) is 20.3 Å². The van der Waals surface area contributed by atoms with Gasteiger partial charge in [0, 0.05) is 12.8 Å². The van der Waals surface area contributed by atoms with E-state index in [1.54, 1.807) is 7.11 Å². The number of ketones is 1. The number of rotatable bonds is 7. The molecule has 1 aromatic carbocycles. The van der Waals surface area contributed by atoms with Gasteiger partial charge in [-0.25, -0.2) is 0 Å². The van der Waals surface area contributed by atoms with Crippen LogP contribution in [0.4, 0.5) is 0 Å². The number of methoxy groups -OCH3 is 1. The number of ether oxygens (including phenoxy) is 2. The molecule has 0 amide bonds. The van der Waals surface area contributed by atoms with Crippen molar-refractivity contribution < 1.29 is 19.4 Å². The van der Waals surface area contributed by atoms with Crippen LogP contribution in [0, 0.1) is 11.8 Å². The molecular formula is C15H18O4. The van der Waals surface area contributed by atoms with Crippen LogP contribution in [0.15, 0.2) is 24.3 Å². The Labute approximate surface area is 113 Å². The van der Waals surface area contributed by atoms with Gasteiger partial charge >= 0.3 is 0 Å². The zero-order chi connectivity index (χ0) is 13.9. The van der Waals surface area contributed by atoms with E-state index in [-0.39, 0.29) is 5.78 Å². The van der Waals surface area contributed by atoms with Gasteiger partial charge in [-0.2, -0.15) is 0 Å². The van der Waals surface area contributed by atoms with E-state index in [1.807, 2.05) is 24.3 Å². The van der Waals surface area contributed by atoms with E-state index in [1.165, 1.54) is 0 Å². The first-order chi connectivity index (χ1) is 9.26. The van der Waals surface area contributed by atoms with Gasteiger partial charge in [0.05, 0.1) is 13.7 Å². The standard InChI is InChI=1S/C15H18O4/c1-18-15-8-6-13(7-9-15)12-19-10-4-2-3-5-14(17)11-16/h6-9,16H,3,5,10-12H2,1H3. The zero-order valence-electron chi connectivity index (χ0n) is 11.0. The van der Waals surface area contributed by atoms with Gasteiger partial charge in [0.15, 0.2) is 5.78 Å². The van der Waals surface area contributed by atoms with E-state index in [4.69, 9.17) is 14.6 Å². The quantitative estimate of drug-likeness (QED) is 0.598. The van der Waals surface area contributed by atoms with Gasteiger partial charge in [-0.3, -0.25) is 4.79 Å². The van der Waals surface area contributed by atoms with Crippen LogP contribution in [0.1, 0.15) is 18.4 Å². The molecule has 0 saturated carbocycles. The number of carbonyl (C=O) groups excluding carboxylic acids is 1. The summed E-state index contributed by atoms with van der Waals surface area (Å²) < 4.78 is 10.4. The number of aliphatic hydroxyl groups excluding tert-OH is 1. The Bertz CT molecular complexity index is 439. The van der Waals surface area contributed by atoms with E-state index >= 15 is 0 Å². The number of Topliss-reactive ketones (excluding diaryl/α,β-unsaturated/α-hetero) is 1. The molecule has 0 spiro atoms. The molecule has 19 heavy (non-hydrogen) atoms. The third kappa shape index (κ3) is 6.61. The van der Waals surface area contributed by atoms with E-state index in [2.05, 4.69) is 11.8 Å². The molecular weight excluding hydrogens is 244 g/mol. The predicted molar refractivity (Wildman–Crippen MR) is 71.8 cm³/mol. The summed E-state index contributed by atoms with van der Waals surface area (Å²) in [5, 5.41) is 8.51. The number of aliphatic hydroxyl groups is 1. The summed E-state index contributed by atoms with van der Waals surface area (Å²) in [6.07, 6.45) is 0.757. The zero-order valence-corrected chi connectivity index (χ0v) is 11.0. The second kappa shape index (κ2) is 9.15. The molecule has 0 radical (unpaired) electrons. The fourth-order valence-electron chi connectivity index (χ4n) is 1.36. The molecule has 0 unspecified atom stereocenters. The Balaban J connectivity index is 2.16. The Morgan fingerprint density at radius 1 is 1.26 bits per heavy atom. The van der Waals surface area contributed by atoms with Crippen LogP contribution in [0.25, 0.3) is 0 Å². The largest absolute Gasteiger partial charge is 0.497 e. The maximum absolute atomic E-state index is 10.8. The van der Waals surface area contributed by atoms with Gasteiger partial charge in [-0.15, -0.1) is 5.92 Å². The van der Waals surface area contributed by atoms with E-state index in [9.17, 15) is 4.79 Å². The minimum absolute atomic E-state index is 0.187. The van der Waals surface area contributed by atoms with Crippen LogP contribution < -0.4 is 4.74 Å². The molecule has 0 aliphatic rings. The minimum atomic E-state index is -0.407. The lowest BCUT2D eigenvalue weighted by Gasteiger charge is -2.02. The monoisotopic (exact) mass is 262 g/mol. The third-order valence-electron chi connectivity index (χ3n) is 2.43. The van der Waals surface area contributed by atoms with Crippen molar-refractivity contribution in [1.82, 2.24) is 0 Å². The maximum Gasteiger partial charge on any atom is 0.159 e. The summed E-state index contributed by atoms with van der Waals surface area (Å²) in [4.78, 5) is 10.8. The molecule has 1 N–H and O–H groups in total. The SMILES string of the molecule is COc1ccc(COCC#CCCC(=O)CO)cc1. The minimum Gasteiger partial charge on any atom is -0.497 e. The van der Waals surface area contributed by atoms with Crippen molar-refractivity contribution in [3.05, 3.63) is 29.8 Å². The maximum atomic E-state index is 10.8. The number of hydrogen-bond acceptors (Lipinski definition) is 4. The fourth-order valence-corrected chi connectivity index (χ4v) is 1.36. The van der Waals surface area contributed by atoms with Crippen molar-refractivity contribution in [2.45, 2.75) is 19.4 Å². The molecule has 102 valence electrons. The van der Waals surface area contributed by atoms with Crippen LogP contribution >= 0.6 is 0 Å². The van der Waals surface area contributed by atoms with Crippen LogP contribution in [0.2, 0.25) is 0 Å². The highest BCUT2D eigenvalue weighted by molar-refractivity contribution is 5.79. The number of carbonyl (C=O) groups is 1. The van der Waals surface area contributed by atoms with E-state index in [0.29, 0.717) is 26.1 Å². The van der Waals surface area contributed by atoms with Gasteiger partial charge in [0.25, 0.3) is 0 Å². The molecule has 4 heteroatoms. The first-order valence-corrected chi connectivity index (χ1v) is 6.05. The topological polar surface area (TPSA) is 55.8 Å². The third-order valence-corrected chi connectivity index (χ3v) is 2.43. The van der Waals surface area contributed by atoms with Gasteiger partial charge in [0.1, 0.15) is 19.0 Å². The second-order valence-corrected chi connectivity index (χ2v) is 3.89. The lowest BCUT2D eigenvalue weighted by atomic mass is 10.2. The van der Waals surface area contributed by atoms with Crippen molar-refractivity contribution in [1.29, 1.82) is 0 Å². The van der Waals surface area contributed by atoms with Crippen molar-refractivity contribution in [2.24, 2.45) is 0 Å². The second-order valence-electron chi connectivity index (χ2n) is 3.89. The van der Waals surface area contributed by atoms with Crippen molar-refractivity contribution in [3.63, 3.8) is 0 Å². The Morgan fingerprint density at radius 2 is 2.00 bits per heavy atom. The summed E-state index contributed by atoms with van der Waals surface area (Å²) >= 11 is 0. The molecule has 4 nitrogen and oxygen atoms in total. The summed E-state index contributed by atoms with van der Waals surface area (Å²) in [6.45, 7) is 0.420. The van der Waals surface area contributed by atoms with Crippen LogP contribution in [-0.4, -0.2) is 31.2 Å². The predicted octanol–water partition coefficient (Wildman–Crippen LogP) is 1.56. The van der Waals surface area contributed by atoms with Gasteiger partial charge in [-0.05, 0) is 17.7 Å². The van der Waals surface area contributed by atoms with Gasteiger partial charge in [-0.1, -0.05) is 18.1 Å². The summed E-state index contributed by atoms with van der Waals surface area (Å²) in [6, 6.07) is 7.63. The summed E-state index contributed by atoms with van der Waals surface area (Å²) in [5.74, 6) is 6.29. The average Bonchev–Trinajstić information content (AvgIpc) is 2.46. The van der Waals surface area contributed by atoms with E-state index in [0.717, 1.165) is 11.3 Å². The molecule has 0 bridgehead atoms. The highest BCUT2D eigenvalue weighted by Crippen LogP contribution is 2.11. The molecule has 0 aliphatic heterocycles. The molecule has 0 saturated heterocycles. The Kier molecular flexibility index (Phi) is 7.33. The summed E-state index contributed by atoms with van der Waals surface area (Å²) in [5.41, 5.74) is 1.05. The van der Waals surface area contributed by atoms with Crippen LogP contribution in [0.3, 0.4) is 0 Å². The first-order valence-electron chi connectivity index (χ1n) is 6.05. The highest BCUT2D eigenvalue weighted by atomic mass is 16.5. The molecule has 0 aliphatic carbocycles. The van der Waals surface area contributed by atoms with Gasteiger partial charge < -0.3 is 14.6 Å². The Hall–Kier alpha value is -1.83. The molecule has 1 aromatic rings. The normalized spacial score (nSPS) is 9.58. The molecule has 0 heterocycles. The average molecular weight is 262 g/mol. The van der Waals surface area contributed by atoms with Crippen molar-refractivity contribution in [3.8, 4) is 17.6 Å².